The average Bonchev–Trinajstić information content (AvgIpc) is 2.30. The third-order valence-electron chi connectivity index (χ3n) is 2.03. The molecule has 0 radical (unpaired) electrons. The lowest BCUT2D eigenvalue weighted by Crippen LogP contribution is -2.14. The van der Waals surface area contributed by atoms with Crippen LogP contribution >= 0.6 is 0 Å². The lowest BCUT2D eigenvalue weighted by Gasteiger charge is -2.07. The summed E-state index contributed by atoms with van der Waals surface area (Å²) in [5.41, 5.74) is 0. The van der Waals surface area contributed by atoms with Crippen molar-refractivity contribution >= 4 is 5.97 Å². The van der Waals surface area contributed by atoms with Gasteiger partial charge in [0.1, 0.15) is 6.61 Å². The Bertz CT molecular complexity index is 182. The van der Waals surface area contributed by atoms with Crippen LogP contribution in [0.2, 0.25) is 0 Å². The molecule has 0 atom stereocenters. The molecule has 0 saturated heterocycles. The molecule has 0 aromatic carbocycles. The number of hydrogen-bond donors (Lipinski definition) is 0. The predicted molar refractivity (Wildman–Crippen MR) is 63.9 cm³/mol. The largest absolute Gasteiger partial charge is 0.467 e. The molecule has 0 spiro atoms. The Balaban J connectivity index is 3.01. The fraction of sp³-hybridized carbons (Fsp3) is 0.917. The molecule has 0 unspecified atom stereocenters. The summed E-state index contributed by atoms with van der Waals surface area (Å²) >= 11 is 0. The number of carbonyl (C=O) groups excluding carboxylic acids is 1. The van der Waals surface area contributed by atoms with Crippen LogP contribution in [0, 0.1) is 5.92 Å². The van der Waals surface area contributed by atoms with E-state index in [9.17, 15) is 4.79 Å². The summed E-state index contributed by atoms with van der Waals surface area (Å²) in [6.45, 7) is 7.09. The zero-order valence-electron chi connectivity index (χ0n) is 11.1. The summed E-state index contributed by atoms with van der Waals surface area (Å²) in [5, 5.41) is 0. The van der Waals surface area contributed by atoms with Crippen LogP contribution in [-0.4, -0.2) is 52.7 Å². The minimum atomic E-state index is -0.373. The van der Waals surface area contributed by atoms with Crippen LogP contribution in [0.25, 0.3) is 0 Å². The van der Waals surface area contributed by atoms with Gasteiger partial charge in [-0.05, 0) is 12.3 Å². The van der Waals surface area contributed by atoms with Crippen LogP contribution < -0.4 is 0 Å². The Morgan fingerprint density at radius 2 is 1.47 bits per heavy atom. The van der Waals surface area contributed by atoms with Gasteiger partial charge in [0, 0.05) is 6.61 Å². The molecule has 0 aliphatic heterocycles. The highest BCUT2D eigenvalue weighted by atomic mass is 16.6. The van der Waals surface area contributed by atoms with Gasteiger partial charge in [-0.3, -0.25) is 0 Å². The van der Waals surface area contributed by atoms with Crippen LogP contribution in [0.4, 0.5) is 0 Å². The molecule has 0 aromatic rings. The van der Waals surface area contributed by atoms with Gasteiger partial charge < -0.3 is 18.9 Å². The molecule has 0 rings (SSSR count). The Labute approximate surface area is 103 Å². The molecule has 0 aliphatic carbocycles. The average molecular weight is 248 g/mol. The molecular weight excluding hydrogens is 224 g/mol. The van der Waals surface area contributed by atoms with Crippen LogP contribution in [-0.2, 0) is 23.7 Å². The van der Waals surface area contributed by atoms with Gasteiger partial charge in [-0.1, -0.05) is 13.8 Å². The number of ether oxygens (including phenoxy) is 4. The van der Waals surface area contributed by atoms with Crippen LogP contribution in [0.15, 0.2) is 0 Å². The van der Waals surface area contributed by atoms with Crippen molar-refractivity contribution in [1.29, 1.82) is 0 Å². The Morgan fingerprint density at radius 3 is 2.00 bits per heavy atom. The second-order valence-corrected chi connectivity index (χ2v) is 4.04. The predicted octanol–water partition coefficient (Wildman–Crippen LogP) is 1.26. The summed E-state index contributed by atoms with van der Waals surface area (Å²) in [6, 6.07) is 0. The summed E-state index contributed by atoms with van der Waals surface area (Å²) in [7, 11) is 1.33. The maximum atomic E-state index is 10.7. The van der Waals surface area contributed by atoms with E-state index in [-0.39, 0.29) is 12.6 Å². The van der Waals surface area contributed by atoms with Gasteiger partial charge in [-0.15, -0.1) is 0 Å². The fourth-order valence-corrected chi connectivity index (χ4v) is 0.973. The lowest BCUT2D eigenvalue weighted by molar-refractivity contribution is -0.146. The van der Waals surface area contributed by atoms with E-state index in [1.807, 2.05) is 0 Å². The van der Waals surface area contributed by atoms with E-state index < -0.39 is 0 Å². The summed E-state index contributed by atoms with van der Waals surface area (Å²) < 4.78 is 20.0. The minimum absolute atomic E-state index is 0.0231. The standard InChI is InChI=1S/C12H24O5/c1-11(2)4-5-15-6-7-16-8-9-17-10-12(13)14-3/h11H,4-10H2,1-3H3. The quantitative estimate of drug-likeness (QED) is 0.407. The van der Waals surface area contributed by atoms with Crippen LogP contribution in [0.5, 0.6) is 0 Å². The van der Waals surface area contributed by atoms with Crippen molar-refractivity contribution in [2.45, 2.75) is 20.3 Å². The Morgan fingerprint density at radius 1 is 0.941 bits per heavy atom. The van der Waals surface area contributed by atoms with E-state index in [2.05, 4.69) is 18.6 Å². The SMILES string of the molecule is COC(=O)COCCOCCOCCC(C)C. The van der Waals surface area contributed by atoms with E-state index in [1.54, 1.807) is 0 Å². The van der Waals surface area contributed by atoms with Gasteiger partial charge in [-0.25, -0.2) is 4.79 Å². The maximum absolute atomic E-state index is 10.7. The topological polar surface area (TPSA) is 54.0 Å². The molecule has 5 nitrogen and oxygen atoms in total. The highest BCUT2D eigenvalue weighted by molar-refractivity contribution is 5.70. The molecule has 0 aromatic heterocycles. The second-order valence-electron chi connectivity index (χ2n) is 4.04. The van der Waals surface area contributed by atoms with Gasteiger partial charge in [-0.2, -0.15) is 0 Å². The normalized spacial score (nSPS) is 10.8. The second kappa shape index (κ2) is 11.8. The van der Waals surface area contributed by atoms with Gasteiger partial charge in [0.15, 0.2) is 0 Å². The first-order valence-electron chi connectivity index (χ1n) is 5.97. The molecule has 5 heteroatoms. The molecule has 0 N–H and O–H groups in total. The number of esters is 1. The summed E-state index contributed by atoms with van der Waals surface area (Å²) in [4.78, 5) is 10.7. The first-order valence-corrected chi connectivity index (χ1v) is 5.97. The van der Waals surface area contributed by atoms with Gasteiger partial charge in [0.25, 0.3) is 0 Å². The van der Waals surface area contributed by atoms with Crippen molar-refractivity contribution in [2.24, 2.45) is 5.92 Å². The Kier molecular flexibility index (Phi) is 11.4. The van der Waals surface area contributed by atoms with E-state index >= 15 is 0 Å². The fourth-order valence-electron chi connectivity index (χ4n) is 0.973. The van der Waals surface area contributed by atoms with Gasteiger partial charge in [0.2, 0.25) is 0 Å². The van der Waals surface area contributed by atoms with Crippen molar-refractivity contribution in [3.63, 3.8) is 0 Å². The van der Waals surface area contributed by atoms with E-state index in [0.717, 1.165) is 13.0 Å². The molecule has 0 heterocycles. The van der Waals surface area contributed by atoms with Crippen molar-refractivity contribution in [3.8, 4) is 0 Å². The molecule has 0 amide bonds. The summed E-state index contributed by atoms with van der Waals surface area (Å²) in [6.07, 6.45) is 1.07. The molecule has 0 bridgehead atoms. The molecule has 0 saturated carbocycles. The lowest BCUT2D eigenvalue weighted by atomic mass is 10.1. The van der Waals surface area contributed by atoms with Crippen LogP contribution in [0.1, 0.15) is 20.3 Å². The van der Waals surface area contributed by atoms with Crippen molar-refractivity contribution in [3.05, 3.63) is 0 Å². The molecule has 0 fully saturated rings. The third-order valence-corrected chi connectivity index (χ3v) is 2.03. The van der Waals surface area contributed by atoms with E-state index in [1.165, 1.54) is 7.11 Å². The molecule has 0 aliphatic rings. The number of hydrogen-bond acceptors (Lipinski definition) is 5. The number of methoxy groups -OCH3 is 1. The Hall–Kier alpha value is -0.650. The van der Waals surface area contributed by atoms with Crippen molar-refractivity contribution < 1.29 is 23.7 Å². The zero-order valence-corrected chi connectivity index (χ0v) is 11.1. The first-order chi connectivity index (χ1) is 8.16. The third kappa shape index (κ3) is 13.3. The van der Waals surface area contributed by atoms with Crippen LogP contribution in [0.3, 0.4) is 0 Å². The molecule has 17 heavy (non-hydrogen) atoms. The highest BCUT2D eigenvalue weighted by Crippen LogP contribution is 1.98. The summed E-state index contributed by atoms with van der Waals surface area (Å²) in [5.74, 6) is 0.296. The van der Waals surface area contributed by atoms with Crippen molar-refractivity contribution in [2.75, 3.05) is 46.8 Å². The van der Waals surface area contributed by atoms with E-state index in [0.29, 0.717) is 32.3 Å². The first kappa shape index (κ1) is 16.4. The molecule has 102 valence electrons. The van der Waals surface area contributed by atoms with E-state index in [4.69, 9.17) is 14.2 Å². The zero-order chi connectivity index (χ0) is 12.9. The highest BCUT2D eigenvalue weighted by Gasteiger charge is 1.99. The molecular formula is C12H24O5. The monoisotopic (exact) mass is 248 g/mol. The number of rotatable bonds is 11. The van der Waals surface area contributed by atoms with Crippen molar-refractivity contribution in [1.82, 2.24) is 0 Å². The van der Waals surface area contributed by atoms with Gasteiger partial charge >= 0.3 is 5.97 Å². The van der Waals surface area contributed by atoms with Gasteiger partial charge in [0.05, 0.1) is 33.5 Å². The minimum Gasteiger partial charge on any atom is -0.467 e. The maximum Gasteiger partial charge on any atom is 0.331 e. The number of carbonyl (C=O) groups is 1. The smallest absolute Gasteiger partial charge is 0.331 e.